The molecule has 0 aromatic carbocycles. The summed E-state index contributed by atoms with van der Waals surface area (Å²) >= 11 is 0. The van der Waals surface area contributed by atoms with E-state index < -0.39 is 0 Å². The molecule has 0 amide bonds. The lowest BCUT2D eigenvalue weighted by Gasteiger charge is -2.03. The fourth-order valence-electron chi connectivity index (χ4n) is 1.92. The van der Waals surface area contributed by atoms with Crippen LogP contribution in [0.5, 0.6) is 0 Å². The first kappa shape index (κ1) is 16.7. The Morgan fingerprint density at radius 2 is 1.29 bits per heavy atom. The van der Waals surface area contributed by atoms with Gasteiger partial charge in [0.05, 0.1) is 0 Å². The fraction of sp³-hybridized carbons (Fsp3) is 0.875. The molecule has 1 N–H and O–H groups in total. The number of allylic oxidation sites excluding steroid dienone is 1. The van der Waals surface area contributed by atoms with Crippen LogP contribution in [0, 0.1) is 0 Å². The van der Waals surface area contributed by atoms with Crippen molar-refractivity contribution < 1.29 is 0 Å². The summed E-state index contributed by atoms with van der Waals surface area (Å²) in [5, 5.41) is 3.51. The standard InChI is InChI=1S/C16H33N/c1-3-5-7-9-10-12-14-16-17-15-13-11-8-6-4-2/h8,11,17H,3-7,9-10,12-16H2,1-2H3/b11-8-. The normalized spacial score (nSPS) is 11.4. The van der Waals surface area contributed by atoms with Crippen LogP contribution in [0.1, 0.15) is 78.1 Å². The van der Waals surface area contributed by atoms with Crippen LogP contribution in [0.4, 0.5) is 0 Å². The van der Waals surface area contributed by atoms with E-state index in [0.29, 0.717) is 0 Å². The lowest BCUT2D eigenvalue weighted by molar-refractivity contribution is 0.564. The number of unbranched alkanes of at least 4 members (excludes halogenated alkanes) is 7. The topological polar surface area (TPSA) is 12.0 Å². The van der Waals surface area contributed by atoms with Crippen molar-refractivity contribution in [1.82, 2.24) is 5.32 Å². The van der Waals surface area contributed by atoms with Gasteiger partial charge >= 0.3 is 0 Å². The smallest absolute Gasteiger partial charge is 0.00143 e. The maximum Gasteiger partial charge on any atom is -0.00143 e. The second kappa shape index (κ2) is 15.7. The van der Waals surface area contributed by atoms with E-state index in [2.05, 4.69) is 31.3 Å². The minimum atomic E-state index is 1.15. The van der Waals surface area contributed by atoms with Crippen molar-refractivity contribution in [2.75, 3.05) is 13.1 Å². The van der Waals surface area contributed by atoms with Gasteiger partial charge in [-0.3, -0.25) is 0 Å². The highest BCUT2D eigenvalue weighted by Gasteiger charge is 1.90. The van der Waals surface area contributed by atoms with Crippen molar-refractivity contribution in [3.63, 3.8) is 0 Å². The van der Waals surface area contributed by atoms with Gasteiger partial charge in [0, 0.05) is 0 Å². The van der Waals surface area contributed by atoms with Crippen LogP contribution in [0.2, 0.25) is 0 Å². The molecule has 0 heterocycles. The van der Waals surface area contributed by atoms with Crippen molar-refractivity contribution in [3.05, 3.63) is 12.2 Å². The highest BCUT2D eigenvalue weighted by atomic mass is 14.8. The Morgan fingerprint density at radius 1 is 0.647 bits per heavy atom. The van der Waals surface area contributed by atoms with Crippen LogP contribution in [-0.2, 0) is 0 Å². The molecule has 102 valence electrons. The summed E-state index contributed by atoms with van der Waals surface area (Å²) in [6, 6.07) is 0. The van der Waals surface area contributed by atoms with E-state index in [1.54, 1.807) is 0 Å². The third kappa shape index (κ3) is 15.7. The Hall–Kier alpha value is -0.300. The Labute approximate surface area is 109 Å². The van der Waals surface area contributed by atoms with Crippen molar-refractivity contribution in [2.45, 2.75) is 78.1 Å². The Bertz CT molecular complexity index is 152. The van der Waals surface area contributed by atoms with Gasteiger partial charge < -0.3 is 5.32 Å². The van der Waals surface area contributed by atoms with Crippen LogP contribution < -0.4 is 5.32 Å². The second-order valence-electron chi connectivity index (χ2n) is 4.92. The zero-order valence-corrected chi connectivity index (χ0v) is 12.1. The number of hydrogen-bond donors (Lipinski definition) is 1. The Balaban J connectivity index is 2.94. The summed E-state index contributed by atoms with van der Waals surface area (Å²) in [7, 11) is 0. The third-order valence-corrected chi connectivity index (χ3v) is 3.07. The van der Waals surface area contributed by atoms with Gasteiger partial charge in [0.1, 0.15) is 0 Å². The summed E-state index contributed by atoms with van der Waals surface area (Å²) in [5.74, 6) is 0. The number of nitrogens with one attached hydrogen (secondary N) is 1. The van der Waals surface area contributed by atoms with Crippen LogP contribution in [0.15, 0.2) is 12.2 Å². The first-order valence-electron chi connectivity index (χ1n) is 7.77. The van der Waals surface area contributed by atoms with E-state index in [1.165, 1.54) is 70.8 Å². The maximum absolute atomic E-state index is 3.51. The molecule has 1 heteroatoms. The minimum Gasteiger partial charge on any atom is -0.316 e. The molecule has 0 saturated carbocycles. The molecular formula is C16H33N. The van der Waals surface area contributed by atoms with Gasteiger partial charge in [0.15, 0.2) is 0 Å². The average molecular weight is 239 g/mol. The molecule has 0 radical (unpaired) electrons. The van der Waals surface area contributed by atoms with Gasteiger partial charge in [0.2, 0.25) is 0 Å². The summed E-state index contributed by atoms with van der Waals surface area (Å²) in [5.41, 5.74) is 0. The average Bonchev–Trinajstić information content (AvgIpc) is 2.35. The first-order valence-corrected chi connectivity index (χ1v) is 7.77. The van der Waals surface area contributed by atoms with Crippen LogP contribution in [-0.4, -0.2) is 13.1 Å². The number of rotatable bonds is 13. The van der Waals surface area contributed by atoms with Crippen LogP contribution >= 0.6 is 0 Å². The molecule has 0 spiro atoms. The van der Waals surface area contributed by atoms with Gasteiger partial charge in [-0.05, 0) is 32.4 Å². The predicted octanol–water partition coefficient (Wildman–Crippen LogP) is 5.07. The Kier molecular flexibility index (Phi) is 15.4. The summed E-state index contributed by atoms with van der Waals surface area (Å²) in [6.07, 6.45) is 18.1. The van der Waals surface area contributed by atoms with Gasteiger partial charge in [-0.25, -0.2) is 0 Å². The first-order chi connectivity index (χ1) is 8.41. The summed E-state index contributed by atoms with van der Waals surface area (Å²) in [6.45, 7) is 6.85. The highest BCUT2D eigenvalue weighted by Crippen LogP contribution is 2.06. The monoisotopic (exact) mass is 239 g/mol. The molecule has 0 unspecified atom stereocenters. The summed E-state index contributed by atoms with van der Waals surface area (Å²) < 4.78 is 0. The molecule has 0 aliphatic heterocycles. The van der Waals surface area contributed by atoms with Gasteiger partial charge in [-0.15, -0.1) is 0 Å². The van der Waals surface area contributed by atoms with E-state index in [0.717, 1.165) is 6.54 Å². The highest BCUT2D eigenvalue weighted by molar-refractivity contribution is 4.81. The lowest BCUT2D eigenvalue weighted by atomic mass is 10.1. The van der Waals surface area contributed by atoms with Crippen molar-refractivity contribution >= 4 is 0 Å². The predicted molar refractivity (Wildman–Crippen MR) is 79.5 cm³/mol. The van der Waals surface area contributed by atoms with Gasteiger partial charge in [-0.2, -0.15) is 0 Å². The SMILES string of the molecule is CCC/C=C\CCNCCCCCCCCC. The molecule has 0 bridgehead atoms. The Morgan fingerprint density at radius 3 is 2.00 bits per heavy atom. The molecule has 0 atom stereocenters. The molecule has 0 aromatic rings. The lowest BCUT2D eigenvalue weighted by Crippen LogP contribution is -2.15. The van der Waals surface area contributed by atoms with E-state index in [9.17, 15) is 0 Å². The van der Waals surface area contributed by atoms with E-state index in [4.69, 9.17) is 0 Å². The minimum absolute atomic E-state index is 1.15. The molecule has 0 fully saturated rings. The molecule has 17 heavy (non-hydrogen) atoms. The molecule has 0 rings (SSSR count). The summed E-state index contributed by atoms with van der Waals surface area (Å²) in [4.78, 5) is 0. The van der Waals surface area contributed by atoms with E-state index in [-0.39, 0.29) is 0 Å². The maximum atomic E-state index is 3.51. The largest absolute Gasteiger partial charge is 0.316 e. The molecule has 0 aromatic heterocycles. The number of hydrogen-bond acceptors (Lipinski definition) is 1. The van der Waals surface area contributed by atoms with Gasteiger partial charge in [0.25, 0.3) is 0 Å². The van der Waals surface area contributed by atoms with Crippen LogP contribution in [0.3, 0.4) is 0 Å². The fourth-order valence-corrected chi connectivity index (χ4v) is 1.92. The quantitative estimate of drug-likeness (QED) is 0.349. The van der Waals surface area contributed by atoms with Crippen LogP contribution in [0.25, 0.3) is 0 Å². The van der Waals surface area contributed by atoms with Crippen molar-refractivity contribution in [1.29, 1.82) is 0 Å². The molecule has 0 aliphatic rings. The zero-order chi connectivity index (χ0) is 12.6. The third-order valence-electron chi connectivity index (χ3n) is 3.07. The van der Waals surface area contributed by atoms with Crippen molar-refractivity contribution in [2.24, 2.45) is 0 Å². The van der Waals surface area contributed by atoms with Gasteiger partial charge in [-0.1, -0.05) is 70.9 Å². The zero-order valence-electron chi connectivity index (χ0n) is 12.1. The molecule has 0 aliphatic carbocycles. The van der Waals surface area contributed by atoms with E-state index >= 15 is 0 Å². The molecule has 1 nitrogen and oxygen atoms in total. The van der Waals surface area contributed by atoms with Crippen molar-refractivity contribution in [3.8, 4) is 0 Å². The van der Waals surface area contributed by atoms with E-state index in [1.807, 2.05) is 0 Å². The molecule has 0 saturated heterocycles. The second-order valence-corrected chi connectivity index (χ2v) is 4.92. The molecular weight excluding hydrogens is 206 g/mol.